The lowest BCUT2D eigenvalue weighted by Crippen LogP contribution is -2.22. The summed E-state index contributed by atoms with van der Waals surface area (Å²) in [5.41, 5.74) is 2.59. The Bertz CT molecular complexity index is 1340. The van der Waals surface area contributed by atoms with Gasteiger partial charge in [-0.15, -0.1) is 16.8 Å². The third-order valence-corrected chi connectivity index (χ3v) is 6.43. The predicted molar refractivity (Wildman–Crippen MR) is 129 cm³/mol. The average molecular weight is 448 g/mol. The molecule has 0 spiro atoms. The van der Waals surface area contributed by atoms with Crippen molar-refractivity contribution in [3.8, 4) is 0 Å². The van der Waals surface area contributed by atoms with Gasteiger partial charge in [0.15, 0.2) is 5.16 Å². The summed E-state index contributed by atoms with van der Waals surface area (Å²) < 4.78 is 3.35. The monoisotopic (exact) mass is 447 g/mol. The van der Waals surface area contributed by atoms with E-state index in [2.05, 4.69) is 35.9 Å². The van der Waals surface area contributed by atoms with Crippen molar-refractivity contribution < 1.29 is 4.79 Å². The molecule has 1 amide bonds. The summed E-state index contributed by atoms with van der Waals surface area (Å²) in [4.78, 5) is 25.4. The Morgan fingerprint density at radius 1 is 1.19 bits per heavy atom. The number of rotatable bonds is 8. The van der Waals surface area contributed by atoms with E-state index in [9.17, 15) is 9.59 Å². The zero-order valence-corrected chi connectivity index (χ0v) is 18.9. The summed E-state index contributed by atoms with van der Waals surface area (Å²) >= 11 is 1.28. The van der Waals surface area contributed by atoms with Crippen molar-refractivity contribution in [2.75, 3.05) is 11.1 Å². The molecule has 0 radical (unpaired) electrons. The fraction of sp³-hybridized carbons (Fsp3) is 0.250. The Labute approximate surface area is 190 Å². The first kappa shape index (κ1) is 21.8. The minimum atomic E-state index is -0.143. The number of benzene rings is 2. The number of hydrogen-bond donors (Lipinski definition) is 1. The third kappa shape index (κ3) is 4.18. The highest BCUT2D eigenvalue weighted by Crippen LogP contribution is 2.23. The number of carbonyl (C=O) groups excluding carboxylic acids is 1. The maximum absolute atomic E-state index is 12.9. The van der Waals surface area contributed by atoms with E-state index in [1.165, 1.54) is 21.9 Å². The average Bonchev–Trinajstić information content (AvgIpc) is 3.24. The highest BCUT2D eigenvalue weighted by molar-refractivity contribution is 7.99. The third-order valence-electron chi connectivity index (χ3n) is 5.50. The number of carbonyl (C=O) groups is 1. The maximum Gasteiger partial charge on any atom is 0.263 e. The molecule has 2 aromatic heterocycles. The summed E-state index contributed by atoms with van der Waals surface area (Å²) in [7, 11) is 0. The van der Waals surface area contributed by atoms with Crippen LogP contribution in [0.2, 0.25) is 0 Å². The van der Waals surface area contributed by atoms with Gasteiger partial charge in [-0.1, -0.05) is 56.0 Å². The Morgan fingerprint density at radius 2 is 1.94 bits per heavy atom. The van der Waals surface area contributed by atoms with E-state index in [-0.39, 0.29) is 17.2 Å². The number of thioether (sulfide) groups is 1. The van der Waals surface area contributed by atoms with Gasteiger partial charge in [0, 0.05) is 12.2 Å². The topological polar surface area (TPSA) is 81.3 Å². The zero-order chi connectivity index (χ0) is 22.7. The predicted octanol–water partition coefficient (Wildman–Crippen LogP) is 4.47. The molecule has 1 N–H and O–H groups in total. The van der Waals surface area contributed by atoms with Crippen molar-refractivity contribution >= 4 is 40.0 Å². The number of para-hydroxylation sites is 1. The molecule has 0 fully saturated rings. The van der Waals surface area contributed by atoms with Crippen LogP contribution in [0.3, 0.4) is 0 Å². The van der Waals surface area contributed by atoms with Gasteiger partial charge in [0.2, 0.25) is 11.7 Å². The number of amides is 1. The van der Waals surface area contributed by atoms with E-state index in [0.29, 0.717) is 34.3 Å². The van der Waals surface area contributed by atoms with Crippen molar-refractivity contribution in [2.24, 2.45) is 0 Å². The van der Waals surface area contributed by atoms with Gasteiger partial charge < -0.3 is 5.32 Å². The molecule has 1 atom stereocenters. The molecule has 4 aromatic rings. The number of nitrogens with zero attached hydrogens (tertiary/aromatic N) is 4. The van der Waals surface area contributed by atoms with Gasteiger partial charge in [0.1, 0.15) is 0 Å². The van der Waals surface area contributed by atoms with E-state index < -0.39 is 0 Å². The van der Waals surface area contributed by atoms with Crippen molar-refractivity contribution in [3.05, 3.63) is 77.1 Å². The van der Waals surface area contributed by atoms with Crippen LogP contribution in [0.4, 0.5) is 5.69 Å². The Kier molecular flexibility index (Phi) is 6.41. The first-order chi connectivity index (χ1) is 15.5. The SMILES string of the molecule is C=CCn1c(=O)c2ccccc2n2c(SCC(=O)Nc3ccc([C@H](C)CC)cc3)nnc12. The van der Waals surface area contributed by atoms with Crippen molar-refractivity contribution in [1.29, 1.82) is 0 Å². The second-order valence-electron chi connectivity index (χ2n) is 7.61. The van der Waals surface area contributed by atoms with Crippen molar-refractivity contribution in [1.82, 2.24) is 19.2 Å². The minimum Gasteiger partial charge on any atom is -0.325 e. The van der Waals surface area contributed by atoms with Crippen LogP contribution in [-0.4, -0.2) is 30.8 Å². The first-order valence-electron chi connectivity index (χ1n) is 10.5. The molecule has 2 heterocycles. The molecule has 7 nitrogen and oxygen atoms in total. The zero-order valence-electron chi connectivity index (χ0n) is 18.1. The van der Waals surface area contributed by atoms with Crippen LogP contribution < -0.4 is 10.9 Å². The Hall–Kier alpha value is -3.39. The number of fused-ring (bicyclic) bond motifs is 3. The molecule has 0 aliphatic heterocycles. The number of allylic oxidation sites excluding steroid dienone is 1. The fourth-order valence-electron chi connectivity index (χ4n) is 3.58. The number of anilines is 1. The Balaban J connectivity index is 1.57. The van der Waals surface area contributed by atoms with E-state index in [4.69, 9.17) is 0 Å². The molecule has 8 heteroatoms. The molecule has 0 saturated heterocycles. The summed E-state index contributed by atoms with van der Waals surface area (Å²) in [5, 5.41) is 12.5. The van der Waals surface area contributed by atoms with Crippen LogP contribution in [0, 0.1) is 0 Å². The van der Waals surface area contributed by atoms with Crippen LogP contribution >= 0.6 is 11.8 Å². The van der Waals surface area contributed by atoms with Crippen LogP contribution in [0.25, 0.3) is 16.7 Å². The lowest BCUT2D eigenvalue weighted by molar-refractivity contribution is -0.113. The normalized spacial score (nSPS) is 12.2. The largest absolute Gasteiger partial charge is 0.325 e. The first-order valence-corrected chi connectivity index (χ1v) is 11.5. The highest BCUT2D eigenvalue weighted by Gasteiger charge is 2.17. The smallest absolute Gasteiger partial charge is 0.263 e. The molecular formula is C24H25N5O2S. The van der Waals surface area contributed by atoms with Gasteiger partial charge in [-0.05, 0) is 42.2 Å². The van der Waals surface area contributed by atoms with Gasteiger partial charge in [0.25, 0.3) is 5.56 Å². The molecular weight excluding hydrogens is 422 g/mol. The highest BCUT2D eigenvalue weighted by atomic mass is 32.2. The van der Waals surface area contributed by atoms with Crippen LogP contribution in [-0.2, 0) is 11.3 Å². The van der Waals surface area contributed by atoms with Gasteiger partial charge >= 0.3 is 0 Å². The van der Waals surface area contributed by atoms with E-state index >= 15 is 0 Å². The molecule has 32 heavy (non-hydrogen) atoms. The van der Waals surface area contributed by atoms with Crippen LogP contribution in [0.15, 0.2) is 71.1 Å². The van der Waals surface area contributed by atoms with Crippen LogP contribution in [0.1, 0.15) is 31.7 Å². The quantitative estimate of drug-likeness (QED) is 0.318. The molecule has 4 rings (SSSR count). The van der Waals surface area contributed by atoms with Crippen molar-refractivity contribution in [2.45, 2.75) is 37.9 Å². The summed E-state index contributed by atoms with van der Waals surface area (Å²) in [5.74, 6) is 0.955. The molecule has 2 aromatic carbocycles. The summed E-state index contributed by atoms with van der Waals surface area (Å²) in [6.07, 6.45) is 2.72. The van der Waals surface area contributed by atoms with Gasteiger partial charge in [0.05, 0.1) is 16.7 Å². The van der Waals surface area contributed by atoms with Crippen molar-refractivity contribution in [3.63, 3.8) is 0 Å². The molecule has 0 aliphatic rings. The lowest BCUT2D eigenvalue weighted by Gasteiger charge is -2.11. The molecule has 0 saturated carbocycles. The van der Waals surface area contributed by atoms with E-state index in [1.54, 1.807) is 12.1 Å². The second kappa shape index (κ2) is 9.40. The van der Waals surface area contributed by atoms with E-state index in [1.807, 2.05) is 46.9 Å². The van der Waals surface area contributed by atoms with Crippen LogP contribution in [0.5, 0.6) is 0 Å². The maximum atomic E-state index is 12.9. The Morgan fingerprint density at radius 3 is 2.66 bits per heavy atom. The molecule has 0 aliphatic carbocycles. The van der Waals surface area contributed by atoms with Gasteiger partial charge in [-0.25, -0.2) is 0 Å². The molecule has 0 bridgehead atoms. The lowest BCUT2D eigenvalue weighted by atomic mass is 9.99. The molecule has 164 valence electrons. The summed E-state index contributed by atoms with van der Waals surface area (Å²) in [6.45, 7) is 8.40. The number of hydrogen-bond acceptors (Lipinski definition) is 5. The van der Waals surface area contributed by atoms with Gasteiger partial charge in [-0.2, -0.15) is 0 Å². The number of aromatic nitrogens is 4. The summed E-state index contributed by atoms with van der Waals surface area (Å²) in [6, 6.07) is 15.3. The van der Waals surface area contributed by atoms with E-state index in [0.717, 1.165) is 12.1 Å². The molecule has 0 unspecified atom stereocenters. The standard InChI is InChI=1S/C24H25N5O2S/c1-4-14-28-22(31)19-8-6-7-9-20(19)29-23(28)26-27-24(29)32-15-21(30)25-18-12-10-17(11-13-18)16(3)5-2/h4,6-13,16H,1,5,14-15H2,2-3H3,(H,25,30)/t16-/m1/s1. The minimum absolute atomic E-state index is 0.133. The second-order valence-corrected chi connectivity index (χ2v) is 8.55. The fourth-order valence-corrected chi connectivity index (χ4v) is 4.32. The van der Waals surface area contributed by atoms with Gasteiger partial charge in [-0.3, -0.25) is 18.6 Å². The number of nitrogens with one attached hydrogen (secondary N) is 1.